The minimum atomic E-state index is 0.476. The fraction of sp³-hybridized carbons (Fsp3) is 0.588. The molecule has 0 bridgehead atoms. The summed E-state index contributed by atoms with van der Waals surface area (Å²) in [6, 6.07) is 5.93. The first-order valence-corrected chi connectivity index (χ1v) is 9.06. The van der Waals surface area contributed by atoms with E-state index in [4.69, 9.17) is 11.6 Å². The molecule has 2 aromatic rings. The van der Waals surface area contributed by atoms with Crippen LogP contribution in [0.3, 0.4) is 0 Å². The van der Waals surface area contributed by atoms with Crippen LogP contribution in [0.25, 0.3) is 10.2 Å². The molecule has 1 aliphatic carbocycles. The number of thiazole rings is 1. The molecule has 0 aliphatic heterocycles. The first-order chi connectivity index (χ1) is 10.1. The summed E-state index contributed by atoms with van der Waals surface area (Å²) in [4.78, 5) is 4.67. The Balaban J connectivity index is 1.72. The van der Waals surface area contributed by atoms with Gasteiger partial charge in [-0.2, -0.15) is 0 Å². The Hall–Kier alpha value is -0.800. The van der Waals surface area contributed by atoms with Crippen molar-refractivity contribution in [3.05, 3.63) is 23.2 Å². The van der Waals surface area contributed by atoms with E-state index >= 15 is 0 Å². The molecule has 114 valence electrons. The molecule has 1 N–H and O–H groups in total. The summed E-state index contributed by atoms with van der Waals surface area (Å²) in [5.41, 5.74) is 1.48. The molecule has 1 aliphatic rings. The van der Waals surface area contributed by atoms with Crippen LogP contribution in [0.4, 0.5) is 5.13 Å². The lowest BCUT2D eigenvalue weighted by Crippen LogP contribution is -2.28. The van der Waals surface area contributed by atoms with Crippen LogP contribution in [0.15, 0.2) is 18.2 Å². The standard InChI is InChI=1S/C17H23ClN2S/c1-12(2)10-17(7-3-4-8-17)11-19-16-20-14-9-13(18)5-6-15(14)21-16/h5-6,9,12H,3-4,7-8,10-11H2,1-2H3,(H,19,20). The van der Waals surface area contributed by atoms with Crippen molar-refractivity contribution in [2.45, 2.75) is 46.0 Å². The van der Waals surface area contributed by atoms with Crippen molar-refractivity contribution < 1.29 is 0 Å². The van der Waals surface area contributed by atoms with Gasteiger partial charge in [-0.15, -0.1) is 0 Å². The highest BCUT2D eigenvalue weighted by atomic mass is 35.5. The van der Waals surface area contributed by atoms with Crippen molar-refractivity contribution in [1.29, 1.82) is 0 Å². The predicted molar refractivity (Wildman–Crippen MR) is 93.5 cm³/mol. The molecule has 0 atom stereocenters. The number of aromatic nitrogens is 1. The van der Waals surface area contributed by atoms with Gasteiger partial charge in [0, 0.05) is 11.6 Å². The fourth-order valence-electron chi connectivity index (χ4n) is 3.68. The van der Waals surface area contributed by atoms with Crippen molar-refractivity contribution in [2.75, 3.05) is 11.9 Å². The molecule has 0 amide bonds. The van der Waals surface area contributed by atoms with Gasteiger partial charge in [0.1, 0.15) is 0 Å². The third-order valence-corrected chi connectivity index (χ3v) is 5.70. The van der Waals surface area contributed by atoms with E-state index in [1.54, 1.807) is 11.3 Å². The second-order valence-corrected chi connectivity index (χ2v) is 8.26. The third kappa shape index (κ3) is 3.51. The van der Waals surface area contributed by atoms with E-state index < -0.39 is 0 Å². The molecule has 2 nitrogen and oxygen atoms in total. The lowest BCUT2D eigenvalue weighted by Gasteiger charge is -2.31. The van der Waals surface area contributed by atoms with Crippen molar-refractivity contribution in [1.82, 2.24) is 4.98 Å². The number of hydrogen-bond donors (Lipinski definition) is 1. The largest absolute Gasteiger partial charge is 0.361 e. The van der Waals surface area contributed by atoms with Crippen molar-refractivity contribution in [2.24, 2.45) is 11.3 Å². The summed E-state index contributed by atoms with van der Waals surface area (Å²) >= 11 is 7.76. The van der Waals surface area contributed by atoms with Crippen LogP contribution < -0.4 is 5.32 Å². The van der Waals surface area contributed by atoms with Gasteiger partial charge in [0.15, 0.2) is 5.13 Å². The molecule has 4 heteroatoms. The molecule has 0 radical (unpaired) electrons. The molecule has 1 saturated carbocycles. The van der Waals surface area contributed by atoms with Gasteiger partial charge in [-0.25, -0.2) is 4.98 Å². The molecular weight excluding hydrogens is 300 g/mol. The Morgan fingerprint density at radius 2 is 2.10 bits per heavy atom. The molecule has 0 saturated heterocycles. The van der Waals surface area contributed by atoms with Crippen molar-refractivity contribution in [3.63, 3.8) is 0 Å². The molecule has 0 spiro atoms. The number of anilines is 1. The first-order valence-electron chi connectivity index (χ1n) is 7.86. The number of nitrogens with zero attached hydrogens (tertiary/aromatic N) is 1. The van der Waals surface area contributed by atoms with E-state index in [9.17, 15) is 0 Å². The highest BCUT2D eigenvalue weighted by molar-refractivity contribution is 7.22. The van der Waals surface area contributed by atoms with Crippen LogP contribution in [0.5, 0.6) is 0 Å². The second kappa shape index (κ2) is 6.13. The van der Waals surface area contributed by atoms with Crippen LogP contribution in [0, 0.1) is 11.3 Å². The maximum Gasteiger partial charge on any atom is 0.183 e. The average Bonchev–Trinajstić information content (AvgIpc) is 3.02. The summed E-state index contributed by atoms with van der Waals surface area (Å²) in [5, 5.41) is 5.39. The zero-order valence-electron chi connectivity index (χ0n) is 12.8. The fourth-order valence-corrected chi connectivity index (χ4v) is 4.69. The molecule has 1 fully saturated rings. The quantitative estimate of drug-likeness (QED) is 0.733. The Morgan fingerprint density at radius 3 is 2.81 bits per heavy atom. The number of benzene rings is 1. The third-order valence-electron chi connectivity index (χ3n) is 4.47. The van der Waals surface area contributed by atoms with Gasteiger partial charge >= 0.3 is 0 Å². The zero-order chi connectivity index (χ0) is 14.9. The Labute approximate surface area is 135 Å². The SMILES string of the molecule is CC(C)CC1(CNc2nc3cc(Cl)ccc3s2)CCCC1. The van der Waals surface area contributed by atoms with E-state index in [1.165, 1.54) is 36.8 Å². The van der Waals surface area contributed by atoms with E-state index in [0.717, 1.165) is 28.1 Å². The maximum atomic E-state index is 6.03. The molecule has 1 aromatic heterocycles. The number of fused-ring (bicyclic) bond motifs is 1. The van der Waals surface area contributed by atoms with Gasteiger partial charge in [0.25, 0.3) is 0 Å². The number of nitrogens with one attached hydrogen (secondary N) is 1. The highest BCUT2D eigenvalue weighted by Gasteiger charge is 2.34. The van der Waals surface area contributed by atoms with Gasteiger partial charge < -0.3 is 5.32 Å². The lowest BCUT2D eigenvalue weighted by molar-refractivity contribution is 0.252. The minimum Gasteiger partial charge on any atom is -0.361 e. The Morgan fingerprint density at radius 1 is 1.33 bits per heavy atom. The van der Waals surface area contributed by atoms with E-state index in [0.29, 0.717) is 5.41 Å². The highest BCUT2D eigenvalue weighted by Crippen LogP contribution is 2.43. The number of rotatable bonds is 5. The molecule has 1 heterocycles. The predicted octanol–water partition coefficient (Wildman–Crippen LogP) is 5.97. The molecule has 3 rings (SSSR count). The van der Waals surface area contributed by atoms with Gasteiger partial charge in [0.05, 0.1) is 10.2 Å². The number of hydrogen-bond acceptors (Lipinski definition) is 3. The molecule has 21 heavy (non-hydrogen) atoms. The van der Waals surface area contributed by atoms with Crippen LogP contribution in [0.1, 0.15) is 46.0 Å². The summed E-state index contributed by atoms with van der Waals surface area (Å²) in [6.07, 6.45) is 6.79. The molecule has 1 aromatic carbocycles. The molecular formula is C17H23ClN2S. The maximum absolute atomic E-state index is 6.03. The first kappa shape index (κ1) is 15.1. The average molecular weight is 323 g/mol. The van der Waals surface area contributed by atoms with Crippen LogP contribution >= 0.6 is 22.9 Å². The summed E-state index contributed by atoms with van der Waals surface area (Å²) in [5.74, 6) is 0.763. The number of halogens is 1. The monoisotopic (exact) mass is 322 g/mol. The van der Waals surface area contributed by atoms with Gasteiger partial charge in [-0.05, 0) is 48.8 Å². The second-order valence-electron chi connectivity index (χ2n) is 6.79. The smallest absolute Gasteiger partial charge is 0.183 e. The zero-order valence-corrected chi connectivity index (χ0v) is 14.4. The van der Waals surface area contributed by atoms with Crippen LogP contribution in [-0.2, 0) is 0 Å². The van der Waals surface area contributed by atoms with E-state index in [2.05, 4.69) is 30.2 Å². The van der Waals surface area contributed by atoms with Gasteiger partial charge in [-0.3, -0.25) is 0 Å². The van der Waals surface area contributed by atoms with Crippen LogP contribution in [0.2, 0.25) is 5.02 Å². The Bertz CT molecular complexity index is 614. The van der Waals surface area contributed by atoms with E-state index in [-0.39, 0.29) is 0 Å². The normalized spacial score (nSPS) is 17.7. The summed E-state index contributed by atoms with van der Waals surface area (Å²) in [7, 11) is 0. The van der Waals surface area contributed by atoms with Crippen molar-refractivity contribution in [3.8, 4) is 0 Å². The van der Waals surface area contributed by atoms with Gasteiger partial charge in [0.2, 0.25) is 0 Å². The van der Waals surface area contributed by atoms with E-state index in [1.807, 2.05) is 12.1 Å². The lowest BCUT2D eigenvalue weighted by atomic mass is 9.78. The van der Waals surface area contributed by atoms with Crippen LogP contribution in [-0.4, -0.2) is 11.5 Å². The van der Waals surface area contributed by atoms with Gasteiger partial charge in [-0.1, -0.05) is 49.6 Å². The summed E-state index contributed by atoms with van der Waals surface area (Å²) < 4.78 is 1.20. The Kier molecular flexibility index (Phi) is 4.41. The minimum absolute atomic E-state index is 0.476. The molecule has 0 unspecified atom stereocenters. The topological polar surface area (TPSA) is 24.9 Å². The summed E-state index contributed by atoms with van der Waals surface area (Å²) in [6.45, 7) is 5.72. The van der Waals surface area contributed by atoms with Crippen molar-refractivity contribution >= 4 is 38.3 Å².